The number of pyridine rings is 1. The van der Waals surface area contributed by atoms with Crippen molar-refractivity contribution >= 4 is 17.6 Å². The van der Waals surface area contributed by atoms with Gasteiger partial charge in [0.05, 0.1) is 17.8 Å². The van der Waals surface area contributed by atoms with E-state index in [4.69, 9.17) is 5.11 Å². The summed E-state index contributed by atoms with van der Waals surface area (Å²) in [4.78, 5) is 26.5. The maximum absolute atomic E-state index is 11.9. The third kappa shape index (κ3) is 2.81. The normalized spacial score (nSPS) is 23.3. The van der Waals surface area contributed by atoms with E-state index in [2.05, 4.69) is 10.3 Å². The molecular weight excluding hydrogens is 220 g/mol. The van der Waals surface area contributed by atoms with E-state index in [1.54, 1.807) is 24.5 Å². The van der Waals surface area contributed by atoms with E-state index >= 15 is 0 Å². The molecule has 2 rings (SSSR count). The molecule has 5 nitrogen and oxygen atoms in total. The molecule has 1 aliphatic rings. The molecular formula is C12H14N2O3. The van der Waals surface area contributed by atoms with Crippen LogP contribution in [-0.4, -0.2) is 22.0 Å². The van der Waals surface area contributed by atoms with Gasteiger partial charge in [0, 0.05) is 12.1 Å². The van der Waals surface area contributed by atoms with Crippen LogP contribution >= 0.6 is 0 Å². The average Bonchev–Trinajstić information content (AvgIpc) is 2.79. The Morgan fingerprint density at radius 1 is 1.35 bits per heavy atom. The Labute approximate surface area is 98.9 Å². The van der Waals surface area contributed by atoms with Crippen LogP contribution in [0.5, 0.6) is 0 Å². The van der Waals surface area contributed by atoms with Crippen molar-refractivity contribution < 1.29 is 14.7 Å². The fourth-order valence-electron chi connectivity index (χ4n) is 2.12. The first kappa shape index (κ1) is 11.6. The number of anilines is 1. The summed E-state index contributed by atoms with van der Waals surface area (Å²) in [5, 5.41) is 11.6. The van der Waals surface area contributed by atoms with Crippen molar-refractivity contribution in [2.24, 2.45) is 11.8 Å². The van der Waals surface area contributed by atoms with Crippen LogP contribution in [0.15, 0.2) is 24.5 Å². The van der Waals surface area contributed by atoms with Crippen LogP contribution in [0.2, 0.25) is 0 Å². The Bertz CT molecular complexity index is 419. The van der Waals surface area contributed by atoms with Gasteiger partial charge in [-0.2, -0.15) is 0 Å². The highest BCUT2D eigenvalue weighted by Crippen LogP contribution is 2.31. The SMILES string of the molecule is O=C(O)C1CCC(C(=O)Nc2cccnc2)C1. The number of carbonyl (C=O) groups excluding carboxylic acids is 1. The second-order valence-electron chi connectivity index (χ2n) is 4.28. The number of carbonyl (C=O) groups is 2. The molecule has 1 aromatic rings. The predicted octanol–water partition coefficient (Wildman–Crippen LogP) is 1.52. The Morgan fingerprint density at radius 2 is 2.12 bits per heavy atom. The first-order chi connectivity index (χ1) is 8.16. The van der Waals surface area contributed by atoms with Gasteiger partial charge in [-0.15, -0.1) is 0 Å². The lowest BCUT2D eigenvalue weighted by Crippen LogP contribution is -2.21. The van der Waals surface area contributed by atoms with Crippen molar-refractivity contribution in [2.45, 2.75) is 19.3 Å². The molecule has 2 unspecified atom stereocenters. The summed E-state index contributed by atoms with van der Waals surface area (Å²) < 4.78 is 0. The van der Waals surface area contributed by atoms with Crippen molar-refractivity contribution in [3.63, 3.8) is 0 Å². The van der Waals surface area contributed by atoms with Crippen molar-refractivity contribution in [3.05, 3.63) is 24.5 Å². The molecule has 0 aromatic carbocycles. The van der Waals surface area contributed by atoms with Gasteiger partial charge in [0.15, 0.2) is 0 Å². The zero-order valence-corrected chi connectivity index (χ0v) is 9.30. The van der Waals surface area contributed by atoms with Gasteiger partial charge in [-0.1, -0.05) is 0 Å². The maximum Gasteiger partial charge on any atom is 0.306 e. The first-order valence-corrected chi connectivity index (χ1v) is 5.60. The molecule has 17 heavy (non-hydrogen) atoms. The number of rotatable bonds is 3. The summed E-state index contributed by atoms with van der Waals surface area (Å²) in [5.74, 6) is -1.49. The molecule has 2 atom stereocenters. The van der Waals surface area contributed by atoms with E-state index < -0.39 is 5.97 Å². The Hall–Kier alpha value is -1.91. The lowest BCUT2D eigenvalue weighted by molar-refractivity contribution is -0.141. The van der Waals surface area contributed by atoms with Crippen molar-refractivity contribution in [1.82, 2.24) is 4.98 Å². The lowest BCUT2D eigenvalue weighted by atomic mass is 10.0. The number of hydrogen-bond donors (Lipinski definition) is 2. The van der Waals surface area contributed by atoms with Gasteiger partial charge in [-0.25, -0.2) is 0 Å². The van der Waals surface area contributed by atoms with E-state index in [1.165, 1.54) is 0 Å². The third-order valence-corrected chi connectivity index (χ3v) is 3.08. The summed E-state index contributed by atoms with van der Waals surface area (Å²) in [7, 11) is 0. The molecule has 0 radical (unpaired) electrons. The first-order valence-electron chi connectivity index (χ1n) is 5.60. The van der Waals surface area contributed by atoms with Gasteiger partial charge in [0.25, 0.3) is 0 Å². The molecule has 1 aromatic heterocycles. The summed E-state index contributed by atoms with van der Waals surface area (Å²) in [6.07, 6.45) is 4.86. The number of amides is 1. The van der Waals surface area contributed by atoms with Crippen LogP contribution in [0.1, 0.15) is 19.3 Å². The lowest BCUT2D eigenvalue weighted by Gasteiger charge is -2.10. The van der Waals surface area contributed by atoms with Gasteiger partial charge in [-0.3, -0.25) is 14.6 Å². The summed E-state index contributed by atoms with van der Waals surface area (Å²) in [6, 6.07) is 3.50. The molecule has 1 amide bonds. The fraction of sp³-hybridized carbons (Fsp3) is 0.417. The molecule has 0 spiro atoms. The van der Waals surface area contributed by atoms with Crippen molar-refractivity contribution in [2.75, 3.05) is 5.32 Å². The zero-order chi connectivity index (χ0) is 12.3. The molecule has 0 bridgehead atoms. The quantitative estimate of drug-likeness (QED) is 0.831. The van der Waals surface area contributed by atoms with E-state index in [0.29, 0.717) is 24.9 Å². The standard InChI is InChI=1S/C12H14N2O3/c15-11(14-10-2-1-5-13-7-10)8-3-4-9(6-8)12(16)17/h1-2,5,7-9H,3-4,6H2,(H,14,15)(H,16,17). The fourth-order valence-corrected chi connectivity index (χ4v) is 2.12. The van der Waals surface area contributed by atoms with Gasteiger partial charge in [-0.05, 0) is 31.4 Å². The zero-order valence-electron chi connectivity index (χ0n) is 9.30. The molecule has 1 fully saturated rings. The van der Waals surface area contributed by atoms with E-state index in [1.807, 2.05) is 0 Å². The molecule has 90 valence electrons. The van der Waals surface area contributed by atoms with E-state index in [9.17, 15) is 9.59 Å². The highest BCUT2D eigenvalue weighted by Gasteiger charge is 2.33. The number of carboxylic acid groups (broad SMARTS) is 1. The smallest absolute Gasteiger partial charge is 0.306 e. The molecule has 0 saturated heterocycles. The van der Waals surface area contributed by atoms with Crippen LogP contribution in [0.4, 0.5) is 5.69 Å². The highest BCUT2D eigenvalue weighted by atomic mass is 16.4. The minimum Gasteiger partial charge on any atom is -0.481 e. The number of hydrogen-bond acceptors (Lipinski definition) is 3. The van der Waals surface area contributed by atoms with Crippen LogP contribution in [0, 0.1) is 11.8 Å². The third-order valence-electron chi connectivity index (χ3n) is 3.08. The Balaban J connectivity index is 1.92. The molecule has 1 saturated carbocycles. The highest BCUT2D eigenvalue weighted by molar-refractivity contribution is 5.93. The van der Waals surface area contributed by atoms with Gasteiger partial charge < -0.3 is 10.4 Å². The van der Waals surface area contributed by atoms with Gasteiger partial charge >= 0.3 is 5.97 Å². The monoisotopic (exact) mass is 234 g/mol. The number of carboxylic acids is 1. The molecule has 0 aliphatic heterocycles. The van der Waals surface area contributed by atoms with E-state index in [-0.39, 0.29) is 17.7 Å². The number of nitrogens with one attached hydrogen (secondary N) is 1. The van der Waals surface area contributed by atoms with Gasteiger partial charge in [0.1, 0.15) is 0 Å². The van der Waals surface area contributed by atoms with Crippen molar-refractivity contribution in [1.29, 1.82) is 0 Å². The minimum absolute atomic E-state index is 0.109. The van der Waals surface area contributed by atoms with Crippen LogP contribution in [0.3, 0.4) is 0 Å². The maximum atomic E-state index is 11.9. The summed E-state index contributed by atoms with van der Waals surface area (Å²) >= 11 is 0. The van der Waals surface area contributed by atoms with Crippen LogP contribution < -0.4 is 5.32 Å². The summed E-state index contributed by atoms with van der Waals surface area (Å²) in [5.41, 5.74) is 0.649. The number of nitrogens with zero attached hydrogens (tertiary/aromatic N) is 1. The number of aromatic nitrogens is 1. The molecule has 2 N–H and O–H groups in total. The second kappa shape index (κ2) is 4.95. The predicted molar refractivity (Wildman–Crippen MR) is 61.3 cm³/mol. The topological polar surface area (TPSA) is 79.3 Å². The molecule has 1 aliphatic carbocycles. The minimum atomic E-state index is -0.804. The second-order valence-corrected chi connectivity index (χ2v) is 4.28. The van der Waals surface area contributed by atoms with E-state index in [0.717, 1.165) is 0 Å². The number of aliphatic carboxylic acids is 1. The molecule has 5 heteroatoms. The van der Waals surface area contributed by atoms with Crippen LogP contribution in [0.25, 0.3) is 0 Å². The largest absolute Gasteiger partial charge is 0.481 e. The Morgan fingerprint density at radius 3 is 2.71 bits per heavy atom. The average molecular weight is 234 g/mol. The Kier molecular flexibility index (Phi) is 3.37. The van der Waals surface area contributed by atoms with Gasteiger partial charge in [0.2, 0.25) is 5.91 Å². The summed E-state index contributed by atoms with van der Waals surface area (Å²) in [6.45, 7) is 0. The van der Waals surface area contributed by atoms with Crippen LogP contribution in [-0.2, 0) is 9.59 Å². The van der Waals surface area contributed by atoms with Crippen molar-refractivity contribution in [3.8, 4) is 0 Å². The molecule has 1 heterocycles.